The van der Waals surface area contributed by atoms with E-state index in [4.69, 9.17) is 0 Å². The van der Waals surface area contributed by atoms with Crippen molar-refractivity contribution >= 4 is 22.5 Å². The van der Waals surface area contributed by atoms with Crippen molar-refractivity contribution in [3.05, 3.63) is 30.0 Å². The molecule has 4 rings (SSSR count). The van der Waals surface area contributed by atoms with Crippen LogP contribution in [0.4, 0.5) is 5.82 Å². The number of carbonyl (C=O) groups is 1. The van der Waals surface area contributed by atoms with Gasteiger partial charge in [-0.3, -0.25) is 4.79 Å². The molecule has 5 heteroatoms. The highest BCUT2D eigenvalue weighted by molar-refractivity contribution is 6.07. The Morgan fingerprint density at radius 1 is 1.04 bits per heavy atom. The van der Waals surface area contributed by atoms with Crippen LogP contribution in [0.3, 0.4) is 0 Å². The molecule has 0 radical (unpaired) electrons. The van der Waals surface area contributed by atoms with Gasteiger partial charge in [0.1, 0.15) is 0 Å². The minimum absolute atomic E-state index is 0.0949. The van der Waals surface area contributed by atoms with E-state index in [0.29, 0.717) is 17.7 Å². The van der Waals surface area contributed by atoms with E-state index in [1.807, 2.05) is 18.2 Å². The van der Waals surface area contributed by atoms with E-state index < -0.39 is 0 Å². The lowest BCUT2D eigenvalue weighted by atomic mass is 9.89. The fraction of sp³-hybridized carbons (Fsp3) is 0.591. The van der Waals surface area contributed by atoms with Crippen LogP contribution in [0.15, 0.2) is 24.3 Å². The van der Waals surface area contributed by atoms with Gasteiger partial charge in [0.05, 0.1) is 0 Å². The molecule has 1 N–H and O–H groups in total. The molecule has 27 heavy (non-hydrogen) atoms. The lowest BCUT2D eigenvalue weighted by molar-refractivity contribution is 0.0939. The van der Waals surface area contributed by atoms with Gasteiger partial charge in [0.25, 0.3) is 5.91 Å². The zero-order valence-corrected chi connectivity index (χ0v) is 16.3. The third-order valence-corrected chi connectivity index (χ3v) is 6.23. The Hall–Kier alpha value is -2.17. The van der Waals surface area contributed by atoms with E-state index in [1.54, 1.807) is 0 Å². The zero-order valence-electron chi connectivity index (χ0n) is 16.3. The predicted octanol–water partition coefficient (Wildman–Crippen LogP) is 4.32. The SMILES string of the molecule is C[C@@H]1CCCCN1c1nnc(C(=O)NCC2CCCCC2)c2ccccc12. The van der Waals surface area contributed by atoms with Crippen LogP contribution in [-0.2, 0) is 0 Å². The Labute approximate surface area is 161 Å². The van der Waals surface area contributed by atoms with Crippen molar-refractivity contribution in [1.82, 2.24) is 15.5 Å². The quantitative estimate of drug-likeness (QED) is 0.875. The van der Waals surface area contributed by atoms with Crippen LogP contribution in [0.25, 0.3) is 10.8 Å². The van der Waals surface area contributed by atoms with Gasteiger partial charge in [-0.25, -0.2) is 0 Å². The first-order valence-corrected chi connectivity index (χ1v) is 10.5. The number of fused-ring (bicyclic) bond motifs is 1. The number of nitrogens with one attached hydrogen (secondary N) is 1. The molecule has 1 aromatic carbocycles. The molecule has 2 heterocycles. The summed E-state index contributed by atoms with van der Waals surface area (Å²) in [6, 6.07) is 8.52. The fourth-order valence-corrected chi connectivity index (χ4v) is 4.59. The summed E-state index contributed by atoms with van der Waals surface area (Å²) in [5.41, 5.74) is 0.454. The summed E-state index contributed by atoms with van der Waals surface area (Å²) in [5.74, 6) is 1.43. The highest BCUT2D eigenvalue weighted by atomic mass is 16.1. The topological polar surface area (TPSA) is 58.1 Å². The minimum atomic E-state index is -0.0949. The Morgan fingerprint density at radius 2 is 1.78 bits per heavy atom. The maximum Gasteiger partial charge on any atom is 0.272 e. The number of carbonyl (C=O) groups excluding carboxylic acids is 1. The molecule has 1 saturated carbocycles. The van der Waals surface area contributed by atoms with Gasteiger partial charge >= 0.3 is 0 Å². The first-order chi connectivity index (χ1) is 13.2. The summed E-state index contributed by atoms with van der Waals surface area (Å²) < 4.78 is 0. The number of benzene rings is 1. The van der Waals surface area contributed by atoms with Crippen molar-refractivity contribution in [3.63, 3.8) is 0 Å². The molecule has 0 bridgehead atoms. The number of aromatic nitrogens is 2. The third-order valence-electron chi connectivity index (χ3n) is 6.23. The van der Waals surface area contributed by atoms with Crippen molar-refractivity contribution in [2.75, 3.05) is 18.0 Å². The molecule has 5 nitrogen and oxygen atoms in total. The number of anilines is 1. The molecule has 2 aromatic rings. The Kier molecular flexibility index (Phi) is 5.55. The summed E-state index contributed by atoms with van der Waals surface area (Å²) >= 11 is 0. The molecule has 1 aliphatic carbocycles. The average Bonchev–Trinajstić information content (AvgIpc) is 2.72. The van der Waals surface area contributed by atoms with Crippen LogP contribution >= 0.6 is 0 Å². The third kappa shape index (κ3) is 3.92. The summed E-state index contributed by atoms with van der Waals surface area (Å²) in [5, 5.41) is 13.9. The monoisotopic (exact) mass is 366 g/mol. The number of hydrogen-bond acceptors (Lipinski definition) is 4. The molecule has 144 valence electrons. The van der Waals surface area contributed by atoms with Gasteiger partial charge < -0.3 is 10.2 Å². The largest absolute Gasteiger partial charge is 0.352 e. The van der Waals surface area contributed by atoms with Gasteiger partial charge in [0, 0.05) is 29.9 Å². The maximum atomic E-state index is 12.8. The highest BCUT2D eigenvalue weighted by Gasteiger charge is 2.24. The molecule has 1 aliphatic heterocycles. The second kappa shape index (κ2) is 8.24. The van der Waals surface area contributed by atoms with Gasteiger partial charge in [0.15, 0.2) is 11.5 Å². The van der Waals surface area contributed by atoms with E-state index in [2.05, 4.69) is 33.4 Å². The molecule has 1 aromatic heterocycles. The average molecular weight is 367 g/mol. The van der Waals surface area contributed by atoms with Crippen molar-refractivity contribution in [1.29, 1.82) is 0 Å². The van der Waals surface area contributed by atoms with Gasteiger partial charge in [-0.05, 0) is 44.9 Å². The molecule has 2 fully saturated rings. The molecule has 0 unspecified atom stereocenters. The second-order valence-corrected chi connectivity index (χ2v) is 8.17. The summed E-state index contributed by atoms with van der Waals surface area (Å²) in [6.45, 7) is 4.01. The predicted molar refractivity (Wildman–Crippen MR) is 109 cm³/mol. The van der Waals surface area contributed by atoms with E-state index >= 15 is 0 Å². The molecule has 1 atom stereocenters. The number of nitrogens with zero attached hydrogens (tertiary/aromatic N) is 3. The fourth-order valence-electron chi connectivity index (χ4n) is 4.59. The van der Waals surface area contributed by atoms with Gasteiger partial charge in [-0.15, -0.1) is 10.2 Å². The van der Waals surface area contributed by atoms with Crippen LogP contribution in [0.5, 0.6) is 0 Å². The van der Waals surface area contributed by atoms with Crippen molar-refractivity contribution in [2.24, 2.45) is 5.92 Å². The lowest BCUT2D eigenvalue weighted by Crippen LogP contribution is -2.38. The Bertz CT molecular complexity index is 800. The second-order valence-electron chi connectivity index (χ2n) is 8.17. The van der Waals surface area contributed by atoms with Crippen molar-refractivity contribution in [3.8, 4) is 0 Å². The van der Waals surface area contributed by atoms with Crippen LogP contribution in [0.2, 0.25) is 0 Å². The van der Waals surface area contributed by atoms with Crippen LogP contribution in [0, 0.1) is 5.92 Å². The van der Waals surface area contributed by atoms with Crippen LogP contribution < -0.4 is 10.2 Å². The van der Waals surface area contributed by atoms with Gasteiger partial charge in [-0.1, -0.05) is 43.5 Å². The molecular formula is C22H30N4O. The molecule has 0 spiro atoms. The maximum absolute atomic E-state index is 12.8. The number of amides is 1. The van der Waals surface area contributed by atoms with Crippen molar-refractivity contribution in [2.45, 2.75) is 64.3 Å². The first kappa shape index (κ1) is 18.2. The van der Waals surface area contributed by atoms with Gasteiger partial charge in [0.2, 0.25) is 0 Å². The minimum Gasteiger partial charge on any atom is -0.352 e. The number of piperidine rings is 1. The molecule has 1 saturated heterocycles. The summed E-state index contributed by atoms with van der Waals surface area (Å²) in [7, 11) is 0. The molecule has 1 amide bonds. The smallest absolute Gasteiger partial charge is 0.272 e. The number of hydrogen-bond donors (Lipinski definition) is 1. The highest BCUT2D eigenvalue weighted by Crippen LogP contribution is 2.30. The Balaban J connectivity index is 1.58. The number of rotatable bonds is 4. The van der Waals surface area contributed by atoms with Crippen LogP contribution in [-0.4, -0.2) is 35.2 Å². The molecular weight excluding hydrogens is 336 g/mol. The van der Waals surface area contributed by atoms with E-state index in [-0.39, 0.29) is 5.91 Å². The van der Waals surface area contributed by atoms with E-state index in [0.717, 1.165) is 29.7 Å². The molecule has 2 aliphatic rings. The standard InChI is InChI=1S/C22H30N4O/c1-16-9-7-8-14-26(16)21-19-13-6-5-12-18(19)20(24-25-21)22(27)23-15-17-10-3-2-4-11-17/h5-6,12-13,16-17H,2-4,7-11,14-15H2,1H3,(H,23,27)/t16-/m1/s1. The zero-order chi connectivity index (χ0) is 18.6. The first-order valence-electron chi connectivity index (χ1n) is 10.5. The van der Waals surface area contributed by atoms with E-state index in [9.17, 15) is 4.79 Å². The normalized spacial score (nSPS) is 21.4. The van der Waals surface area contributed by atoms with Crippen LogP contribution in [0.1, 0.15) is 68.8 Å². The van der Waals surface area contributed by atoms with Gasteiger partial charge in [-0.2, -0.15) is 0 Å². The summed E-state index contributed by atoms with van der Waals surface area (Å²) in [6.07, 6.45) is 9.97. The lowest BCUT2D eigenvalue weighted by Gasteiger charge is -2.34. The van der Waals surface area contributed by atoms with E-state index in [1.165, 1.54) is 51.4 Å². The Morgan fingerprint density at radius 3 is 2.56 bits per heavy atom. The summed E-state index contributed by atoms with van der Waals surface area (Å²) in [4.78, 5) is 15.2. The van der Waals surface area contributed by atoms with Crippen molar-refractivity contribution < 1.29 is 4.79 Å².